The summed E-state index contributed by atoms with van der Waals surface area (Å²) in [6.07, 6.45) is -2.18. The number of carbonyl (C=O) groups is 2. The van der Waals surface area contributed by atoms with Gasteiger partial charge >= 0.3 is 6.09 Å². The normalized spacial score (nSPS) is 13.3. The Labute approximate surface area is 239 Å². The Balaban J connectivity index is 1.61. The Bertz CT molecular complexity index is 1320. The van der Waals surface area contributed by atoms with E-state index in [1.807, 2.05) is 112 Å². The molecule has 4 rings (SSSR count). The van der Waals surface area contributed by atoms with Crippen molar-refractivity contribution in [3.63, 3.8) is 0 Å². The minimum atomic E-state index is -1.01. The monoisotopic (exact) mass is 557 g/mol. The summed E-state index contributed by atoms with van der Waals surface area (Å²) in [6, 6.07) is 28.3. The van der Waals surface area contributed by atoms with Gasteiger partial charge in [-0.2, -0.15) is 4.98 Å². The van der Waals surface area contributed by atoms with E-state index in [9.17, 15) is 9.59 Å². The van der Waals surface area contributed by atoms with Crippen molar-refractivity contribution in [2.75, 3.05) is 6.61 Å². The minimum Gasteiger partial charge on any atom is -0.435 e. The second kappa shape index (κ2) is 12.8. The van der Waals surface area contributed by atoms with E-state index in [0.29, 0.717) is 0 Å². The van der Waals surface area contributed by atoms with Crippen LogP contribution >= 0.6 is 0 Å². The molecule has 10 nitrogen and oxygen atoms in total. The number of rotatable bonds is 11. The molecule has 10 heteroatoms. The van der Waals surface area contributed by atoms with Gasteiger partial charge in [-0.15, -0.1) is 0 Å². The maximum absolute atomic E-state index is 13.7. The molecule has 0 saturated heterocycles. The molecular formula is C31H35N5O5. The number of hydrogen-bond acceptors (Lipinski definition) is 8. The molecule has 0 aliphatic rings. The molecule has 41 heavy (non-hydrogen) atoms. The Morgan fingerprint density at radius 2 is 1.37 bits per heavy atom. The summed E-state index contributed by atoms with van der Waals surface area (Å²) in [5, 5.41) is 7.16. The number of nitrogens with one attached hydrogen (secondary N) is 1. The van der Waals surface area contributed by atoms with E-state index in [-0.39, 0.29) is 30.7 Å². The van der Waals surface area contributed by atoms with Crippen molar-refractivity contribution in [3.05, 3.63) is 119 Å². The van der Waals surface area contributed by atoms with Crippen LogP contribution in [0.2, 0.25) is 0 Å². The highest BCUT2D eigenvalue weighted by Crippen LogP contribution is 2.37. The quantitative estimate of drug-likeness (QED) is 0.227. The van der Waals surface area contributed by atoms with E-state index in [0.717, 1.165) is 16.7 Å². The molecule has 4 aromatic rings. The zero-order chi connectivity index (χ0) is 29.5. The average molecular weight is 558 g/mol. The lowest BCUT2D eigenvalue weighted by Crippen LogP contribution is -2.48. The van der Waals surface area contributed by atoms with Crippen LogP contribution in [-0.4, -0.2) is 34.3 Å². The molecule has 0 radical (unpaired) electrons. The molecule has 3 aromatic carbocycles. The van der Waals surface area contributed by atoms with E-state index in [2.05, 4.69) is 15.5 Å². The lowest BCUT2D eigenvalue weighted by atomic mass is 9.77. The van der Waals surface area contributed by atoms with Crippen LogP contribution in [0.4, 0.5) is 4.79 Å². The summed E-state index contributed by atoms with van der Waals surface area (Å²) in [7, 11) is 0. The van der Waals surface area contributed by atoms with Gasteiger partial charge in [0, 0.05) is 0 Å². The van der Waals surface area contributed by atoms with Gasteiger partial charge in [0.05, 0.1) is 24.7 Å². The third kappa shape index (κ3) is 7.36. The molecule has 214 valence electrons. The van der Waals surface area contributed by atoms with Gasteiger partial charge in [0.1, 0.15) is 5.54 Å². The van der Waals surface area contributed by atoms with E-state index in [1.54, 1.807) is 0 Å². The second-order valence-electron chi connectivity index (χ2n) is 10.5. The van der Waals surface area contributed by atoms with Crippen molar-refractivity contribution in [3.8, 4) is 0 Å². The topological polar surface area (TPSA) is 156 Å². The van der Waals surface area contributed by atoms with Crippen molar-refractivity contribution >= 4 is 12.0 Å². The van der Waals surface area contributed by atoms with Gasteiger partial charge in [-0.3, -0.25) is 4.79 Å². The Kier molecular flexibility index (Phi) is 9.16. The van der Waals surface area contributed by atoms with Gasteiger partial charge in [-0.05, 0) is 37.5 Å². The number of ether oxygens (including phenoxy) is 2. The number of primary amides is 1. The highest BCUT2D eigenvalue weighted by Gasteiger charge is 2.38. The van der Waals surface area contributed by atoms with Crippen LogP contribution in [0.25, 0.3) is 0 Å². The van der Waals surface area contributed by atoms with E-state index in [1.165, 1.54) is 0 Å². The molecule has 0 saturated carbocycles. The molecular weight excluding hydrogens is 522 g/mol. The molecule has 5 N–H and O–H groups in total. The van der Waals surface area contributed by atoms with Crippen LogP contribution < -0.4 is 16.8 Å². The van der Waals surface area contributed by atoms with E-state index in [4.69, 9.17) is 25.5 Å². The first-order valence-electron chi connectivity index (χ1n) is 13.2. The molecule has 0 spiro atoms. The number of amides is 2. The first-order valence-corrected chi connectivity index (χ1v) is 13.2. The van der Waals surface area contributed by atoms with E-state index < -0.39 is 29.4 Å². The number of hydrogen-bond donors (Lipinski definition) is 3. The standard InChI is InChI=1S/C31H35N5O5/c1-30(2,3)39-20-25(40-29(33)38)27-34-28(41-36-27)24(32)19-26(37)35-31(21-13-7-4-8-14-21,22-15-9-5-10-16-22)23-17-11-6-12-18-23/h4-18,24-25H,19-20,32H2,1-3H3,(H2,33,38)(H,35,37)/t24-,25-/m0/s1. The molecule has 1 heterocycles. The Hall–Kier alpha value is -4.54. The van der Waals surface area contributed by atoms with Gasteiger partial charge in [-0.25, -0.2) is 4.79 Å². The van der Waals surface area contributed by atoms with Crippen molar-refractivity contribution in [2.24, 2.45) is 11.5 Å². The van der Waals surface area contributed by atoms with Crippen molar-refractivity contribution in [1.29, 1.82) is 0 Å². The van der Waals surface area contributed by atoms with E-state index >= 15 is 0 Å². The fraction of sp³-hybridized carbons (Fsp3) is 0.290. The Morgan fingerprint density at radius 3 is 1.80 bits per heavy atom. The van der Waals surface area contributed by atoms with Crippen LogP contribution in [0, 0.1) is 0 Å². The number of nitrogens with two attached hydrogens (primary N) is 2. The van der Waals surface area contributed by atoms with Crippen LogP contribution in [-0.2, 0) is 19.8 Å². The predicted molar refractivity (Wildman–Crippen MR) is 152 cm³/mol. The molecule has 0 aliphatic heterocycles. The summed E-state index contributed by atoms with van der Waals surface area (Å²) < 4.78 is 16.2. The van der Waals surface area contributed by atoms with Crippen LogP contribution in [0.15, 0.2) is 95.5 Å². The summed E-state index contributed by atoms with van der Waals surface area (Å²) in [6.45, 7) is 5.51. The smallest absolute Gasteiger partial charge is 0.405 e. The Morgan fingerprint density at radius 1 is 0.878 bits per heavy atom. The van der Waals surface area contributed by atoms with Crippen LogP contribution in [0.3, 0.4) is 0 Å². The van der Waals surface area contributed by atoms with Crippen molar-refractivity contribution in [1.82, 2.24) is 15.5 Å². The molecule has 0 bridgehead atoms. The van der Waals surface area contributed by atoms with Crippen molar-refractivity contribution < 1.29 is 23.6 Å². The summed E-state index contributed by atoms with van der Waals surface area (Å²) in [4.78, 5) is 29.4. The third-order valence-electron chi connectivity index (χ3n) is 6.34. The van der Waals surface area contributed by atoms with Gasteiger partial charge in [0.25, 0.3) is 0 Å². The summed E-state index contributed by atoms with van der Waals surface area (Å²) >= 11 is 0. The zero-order valence-corrected chi connectivity index (χ0v) is 23.3. The first kappa shape index (κ1) is 29.4. The summed E-state index contributed by atoms with van der Waals surface area (Å²) in [5.41, 5.74) is 12.7. The maximum atomic E-state index is 13.7. The zero-order valence-electron chi connectivity index (χ0n) is 23.3. The second-order valence-corrected chi connectivity index (χ2v) is 10.5. The molecule has 0 unspecified atom stereocenters. The maximum Gasteiger partial charge on any atom is 0.405 e. The average Bonchev–Trinajstić information content (AvgIpc) is 3.45. The minimum absolute atomic E-state index is 0.00807. The van der Waals surface area contributed by atoms with Gasteiger partial charge < -0.3 is 30.8 Å². The largest absolute Gasteiger partial charge is 0.435 e. The molecule has 0 aliphatic carbocycles. The van der Waals surface area contributed by atoms with Gasteiger partial charge in [0.2, 0.25) is 17.6 Å². The highest BCUT2D eigenvalue weighted by molar-refractivity contribution is 5.79. The lowest BCUT2D eigenvalue weighted by molar-refractivity contribution is -0.122. The molecule has 2 amide bonds. The molecule has 1 aromatic heterocycles. The first-order chi connectivity index (χ1) is 19.6. The summed E-state index contributed by atoms with van der Waals surface area (Å²) in [5.74, 6) is -0.297. The molecule has 0 fully saturated rings. The molecule has 2 atom stereocenters. The lowest BCUT2D eigenvalue weighted by Gasteiger charge is -2.37. The SMILES string of the molecule is CC(C)(C)OC[C@H](OC(N)=O)c1noc([C@@H](N)CC(=O)NC(c2ccccc2)(c2ccccc2)c2ccccc2)n1. The fourth-order valence-electron chi connectivity index (χ4n) is 4.48. The number of aromatic nitrogens is 2. The fourth-order valence-corrected chi connectivity index (χ4v) is 4.48. The number of benzene rings is 3. The van der Waals surface area contributed by atoms with Gasteiger partial charge in [0.15, 0.2) is 6.10 Å². The van der Waals surface area contributed by atoms with Crippen molar-refractivity contribution in [2.45, 2.75) is 50.5 Å². The number of carbonyl (C=O) groups excluding carboxylic acids is 2. The van der Waals surface area contributed by atoms with Crippen LogP contribution in [0.5, 0.6) is 0 Å². The predicted octanol–water partition coefficient (Wildman–Crippen LogP) is 4.52. The van der Waals surface area contributed by atoms with Crippen LogP contribution in [0.1, 0.15) is 67.7 Å². The number of nitrogens with zero attached hydrogens (tertiary/aromatic N) is 2. The highest BCUT2D eigenvalue weighted by atomic mass is 16.6. The third-order valence-corrected chi connectivity index (χ3v) is 6.34. The van der Waals surface area contributed by atoms with Gasteiger partial charge in [-0.1, -0.05) is 96.2 Å².